The lowest BCUT2D eigenvalue weighted by Crippen LogP contribution is -2.36. The van der Waals surface area contributed by atoms with Crippen LogP contribution in [0.15, 0.2) is 47.5 Å². The number of aromatic nitrogens is 4. The molecular weight excluding hydrogens is 422 g/mol. The molecule has 174 valence electrons. The first kappa shape index (κ1) is 22.7. The van der Waals surface area contributed by atoms with Crippen LogP contribution in [0.5, 0.6) is 11.5 Å². The fourth-order valence-corrected chi connectivity index (χ4v) is 4.16. The van der Waals surface area contributed by atoms with Gasteiger partial charge < -0.3 is 15.6 Å². The number of hydrogen-bond acceptors (Lipinski definition) is 6. The highest BCUT2D eigenvalue weighted by molar-refractivity contribution is 5.78. The predicted molar refractivity (Wildman–Crippen MR) is 122 cm³/mol. The molecule has 9 nitrogen and oxygen atoms in total. The zero-order valence-electron chi connectivity index (χ0n) is 18.9. The normalized spacial score (nSPS) is 14.5. The minimum atomic E-state index is -0.999. The lowest BCUT2D eigenvalue weighted by atomic mass is 9.91. The number of hydrogen-bond donors (Lipinski definition) is 2. The Labute approximate surface area is 191 Å². The van der Waals surface area contributed by atoms with Gasteiger partial charge in [0, 0.05) is 18.7 Å². The maximum absolute atomic E-state index is 12.8. The fourth-order valence-electron chi connectivity index (χ4n) is 4.16. The van der Waals surface area contributed by atoms with Gasteiger partial charge in [0.1, 0.15) is 11.8 Å². The van der Waals surface area contributed by atoms with Crippen molar-refractivity contribution in [3.63, 3.8) is 0 Å². The highest BCUT2D eigenvalue weighted by Crippen LogP contribution is 2.32. The Hall–Kier alpha value is -3.46. The molecule has 3 N–H and O–H groups in total. The third kappa shape index (κ3) is 5.48. The molecule has 1 amide bonds. The van der Waals surface area contributed by atoms with Crippen molar-refractivity contribution in [1.82, 2.24) is 19.6 Å². The van der Waals surface area contributed by atoms with E-state index in [1.807, 2.05) is 12.1 Å². The Morgan fingerprint density at radius 2 is 2.06 bits per heavy atom. The molecule has 1 aliphatic rings. The van der Waals surface area contributed by atoms with Crippen molar-refractivity contribution in [2.45, 2.75) is 64.1 Å². The van der Waals surface area contributed by atoms with Crippen LogP contribution >= 0.6 is 0 Å². The van der Waals surface area contributed by atoms with Crippen molar-refractivity contribution in [3.05, 3.63) is 69.9 Å². The summed E-state index contributed by atoms with van der Waals surface area (Å²) in [5.41, 5.74) is 7.18. The summed E-state index contributed by atoms with van der Waals surface area (Å²) in [6.45, 7) is 3.65. The molecule has 33 heavy (non-hydrogen) atoms. The number of nitrogens with two attached hydrogens (primary N) is 1. The second kappa shape index (κ2) is 9.19. The number of carbonyl (C=O) groups excluding carboxylic acids is 1. The molecule has 0 aliphatic heterocycles. The van der Waals surface area contributed by atoms with Crippen LogP contribution in [0.2, 0.25) is 0 Å². The molecule has 0 fully saturated rings. The van der Waals surface area contributed by atoms with Crippen LogP contribution in [-0.4, -0.2) is 36.2 Å². The van der Waals surface area contributed by atoms with Gasteiger partial charge in [-0.1, -0.05) is 12.1 Å². The number of aryl methyl sites for hydroxylation is 1. The molecule has 0 saturated carbocycles. The summed E-state index contributed by atoms with van der Waals surface area (Å²) in [5.74, 6) is 0.357. The Kier molecular flexibility index (Phi) is 6.33. The maximum atomic E-state index is 12.8. The van der Waals surface area contributed by atoms with E-state index in [2.05, 4.69) is 16.3 Å². The molecule has 1 atom stereocenters. The smallest absolute Gasteiger partial charge is 0.271 e. The fraction of sp³-hybridized carbons (Fsp3) is 0.417. The number of nitrogens with zero attached hydrogens (tertiary/aromatic N) is 4. The van der Waals surface area contributed by atoms with Crippen LogP contribution in [0.4, 0.5) is 0 Å². The summed E-state index contributed by atoms with van der Waals surface area (Å²) in [6, 6.07) is 8.00. The van der Waals surface area contributed by atoms with E-state index in [9.17, 15) is 14.7 Å². The molecule has 9 heteroatoms. The van der Waals surface area contributed by atoms with Gasteiger partial charge in [0.15, 0.2) is 5.75 Å². The van der Waals surface area contributed by atoms with Gasteiger partial charge in [-0.15, -0.1) is 0 Å². The van der Waals surface area contributed by atoms with E-state index in [-0.39, 0.29) is 6.42 Å². The Morgan fingerprint density at radius 1 is 1.27 bits per heavy atom. The van der Waals surface area contributed by atoms with Gasteiger partial charge in [0.05, 0.1) is 24.0 Å². The first-order valence-electron chi connectivity index (χ1n) is 11.1. The van der Waals surface area contributed by atoms with E-state index in [0.29, 0.717) is 18.0 Å². The van der Waals surface area contributed by atoms with Crippen LogP contribution in [0.25, 0.3) is 0 Å². The molecule has 0 spiro atoms. The number of carbonyl (C=O) groups is 1. The lowest BCUT2D eigenvalue weighted by Gasteiger charge is -2.19. The van der Waals surface area contributed by atoms with Crippen molar-refractivity contribution in [1.29, 1.82) is 0 Å². The van der Waals surface area contributed by atoms with E-state index in [1.165, 1.54) is 29.8 Å². The Balaban J connectivity index is 1.53. The third-order valence-electron chi connectivity index (χ3n) is 5.65. The number of fused-ring (bicyclic) bond motifs is 1. The number of amides is 1. The second-order valence-corrected chi connectivity index (χ2v) is 9.12. The molecule has 1 aliphatic carbocycles. The van der Waals surface area contributed by atoms with Crippen LogP contribution < -0.4 is 16.0 Å². The number of ether oxygens (including phenoxy) is 1. The van der Waals surface area contributed by atoms with Gasteiger partial charge in [-0.2, -0.15) is 10.2 Å². The molecule has 4 rings (SSSR count). The van der Waals surface area contributed by atoms with E-state index in [4.69, 9.17) is 10.5 Å². The van der Waals surface area contributed by atoms with Crippen molar-refractivity contribution >= 4 is 5.91 Å². The Bertz CT molecular complexity index is 1210. The van der Waals surface area contributed by atoms with Gasteiger partial charge >= 0.3 is 0 Å². The molecule has 0 radical (unpaired) electrons. The standard InChI is InChI=1S/C24H29N5O4/c1-24(2,32)15-28-11-10-17(27-28)12-20(23(25)31)29-22(30)13-18(14-26-29)33-21-9-5-7-16-6-3-4-8-19(16)21/h5,7,9-11,13-14,20,32H,3-4,6,8,12,15H2,1-2H3,(H2,25,31). The van der Waals surface area contributed by atoms with Crippen LogP contribution in [0, 0.1) is 0 Å². The number of aliphatic hydroxyl groups is 1. The molecule has 2 aromatic heterocycles. The molecule has 3 aromatic rings. The summed E-state index contributed by atoms with van der Waals surface area (Å²) in [5, 5.41) is 18.5. The summed E-state index contributed by atoms with van der Waals surface area (Å²) in [7, 11) is 0. The van der Waals surface area contributed by atoms with Crippen LogP contribution in [0.1, 0.15) is 49.6 Å². The van der Waals surface area contributed by atoms with Gasteiger partial charge in [-0.3, -0.25) is 14.3 Å². The SMILES string of the molecule is CC(C)(O)Cn1ccc(CC(C(N)=O)n2ncc(Oc3cccc4c3CCCC4)cc2=O)n1. The maximum Gasteiger partial charge on any atom is 0.271 e. The van der Waals surface area contributed by atoms with E-state index < -0.39 is 23.1 Å². The van der Waals surface area contributed by atoms with Crippen molar-refractivity contribution in [2.24, 2.45) is 5.73 Å². The average molecular weight is 452 g/mol. The molecule has 0 saturated heterocycles. The third-order valence-corrected chi connectivity index (χ3v) is 5.65. The lowest BCUT2D eigenvalue weighted by molar-refractivity contribution is -0.121. The zero-order chi connectivity index (χ0) is 23.6. The molecule has 0 bridgehead atoms. The second-order valence-electron chi connectivity index (χ2n) is 9.12. The minimum absolute atomic E-state index is 0.105. The predicted octanol–water partition coefficient (Wildman–Crippen LogP) is 2.15. The molecule has 1 aromatic carbocycles. The van der Waals surface area contributed by atoms with Crippen LogP contribution in [0.3, 0.4) is 0 Å². The van der Waals surface area contributed by atoms with Crippen LogP contribution in [-0.2, 0) is 30.6 Å². The van der Waals surface area contributed by atoms with Crippen molar-refractivity contribution in [3.8, 4) is 11.5 Å². The summed E-state index contributed by atoms with van der Waals surface area (Å²) in [4.78, 5) is 24.9. The first-order valence-corrected chi connectivity index (χ1v) is 11.1. The average Bonchev–Trinajstić information content (AvgIpc) is 3.18. The van der Waals surface area contributed by atoms with Gasteiger partial charge in [-0.25, -0.2) is 4.68 Å². The highest BCUT2D eigenvalue weighted by atomic mass is 16.5. The zero-order valence-corrected chi connectivity index (χ0v) is 18.9. The van der Waals surface area contributed by atoms with E-state index in [0.717, 1.165) is 29.7 Å². The van der Waals surface area contributed by atoms with E-state index >= 15 is 0 Å². The molecule has 2 heterocycles. The number of primary amides is 1. The number of rotatable bonds is 8. The monoisotopic (exact) mass is 451 g/mol. The quantitative estimate of drug-likeness (QED) is 0.541. The van der Waals surface area contributed by atoms with E-state index in [1.54, 1.807) is 30.8 Å². The largest absolute Gasteiger partial charge is 0.455 e. The number of benzene rings is 1. The first-order chi connectivity index (χ1) is 15.7. The van der Waals surface area contributed by atoms with Gasteiger partial charge in [-0.05, 0) is 62.8 Å². The summed E-state index contributed by atoms with van der Waals surface area (Å²) < 4.78 is 8.63. The summed E-state index contributed by atoms with van der Waals surface area (Å²) >= 11 is 0. The minimum Gasteiger partial charge on any atom is -0.455 e. The van der Waals surface area contributed by atoms with Gasteiger partial charge in [0.25, 0.3) is 5.56 Å². The van der Waals surface area contributed by atoms with Crippen molar-refractivity contribution < 1.29 is 14.6 Å². The van der Waals surface area contributed by atoms with Gasteiger partial charge in [0.2, 0.25) is 5.91 Å². The molecule has 1 unspecified atom stereocenters. The highest BCUT2D eigenvalue weighted by Gasteiger charge is 2.23. The topological polar surface area (TPSA) is 125 Å². The molecular formula is C24H29N5O4. The van der Waals surface area contributed by atoms with Crippen molar-refractivity contribution in [2.75, 3.05) is 0 Å². The Morgan fingerprint density at radius 3 is 2.79 bits per heavy atom. The summed E-state index contributed by atoms with van der Waals surface area (Å²) in [6.07, 6.45) is 7.48.